The zero-order chi connectivity index (χ0) is 15.8. The molecule has 1 aliphatic rings. The van der Waals surface area contributed by atoms with Crippen molar-refractivity contribution in [2.45, 2.75) is 70.9 Å². The molecule has 124 valence electrons. The molecule has 0 bridgehead atoms. The van der Waals surface area contributed by atoms with E-state index in [-0.39, 0.29) is 5.91 Å². The lowest BCUT2D eigenvalue weighted by Crippen LogP contribution is -2.40. The maximum absolute atomic E-state index is 12.1. The van der Waals surface area contributed by atoms with E-state index in [2.05, 4.69) is 22.4 Å². The topological polar surface area (TPSA) is 71.3 Å². The Balaban J connectivity index is 1.72. The molecule has 1 aromatic heterocycles. The second-order valence-corrected chi connectivity index (χ2v) is 6.28. The van der Waals surface area contributed by atoms with E-state index in [0.717, 1.165) is 25.7 Å². The number of aromatic nitrogens is 2. The van der Waals surface area contributed by atoms with Crippen molar-refractivity contribution in [2.24, 2.45) is 0 Å². The predicted molar refractivity (Wildman–Crippen MR) is 84.3 cm³/mol. The predicted octanol–water partition coefficient (Wildman–Crippen LogP) is 2.29. The molecular weight excluding hydrogens is 280 g/mol. The van der Waals surface area contributed by atoms with Crippen LogP contribution in [0.5, 0.6) is 0 Å². The lowest BCUT2D eigenvalue weighted by molar-refractivity contribution is -0.122. The molecule has 6 heteroatoms. The minimum atomic E-state index is 0.0895. The van der Waals surface area contributed by atoms with Gasteiger partial charge in [-0.25, -0.2) is 0 Å². The molecule has 1 aliphatic carbocycles. The van der Waals surface area contributed by atoms with E-state index < -0.39 is 0 Å². The number of likely N-dealkylation sites (N-methyl/N-ethyl adjacent to an activating group) is 1. The number of carbonyl (C=O) groups is 1. The highest BCUT2D eigenvalue weighted by molar-refractivity contribution is 5.78. The molecule has 1 amide bonds. The van der Waals surface area contributed by atoms with Crippen LogP contribution in [0.1, 0.15) is 63.6 Å². The van der Waals surface area contributed by atoms with Crippen molar-refractivity contribution in [3.05, 3.63) is 11.7 Å². The van der Waals surface area contributed by atoms with Crippen molar-refractivity contribution >= 4 is 5.91 Å². The Bertz CT molecular complexity index is 453. The number of carbonyl (C=O) groups excluding carboxylic acids is 1. The number of amides is 1. The summed E-state index contributed by atoms with van der Waals surface area (Å²) in [6.07, 6.45) is 9.06. The molecule has 1 aromatic rings. The summed E-state index contributed by atoms with van der Waals surface area (Å²) in [5, 5.41) is 7.11. The number of hydrogen-bond donors (Lipinski definition) is 1. The molecule has 1 N–H and O–H groups in total. The zero-order valence-corrected chi connectivity index (χ0v) is 13.8. The molecule has 6 nitrogen and oxygen atoms in total. The third-order valence-corrected chi connectivity index (χ3v) is 4.02. The van der Waals surface area contributed by atoms with E-state index in [9.17, 15) is 4.79 Å². The summed E-state index contributed by atoms with van der Waals surface area (Å²) in [6, 6.07) is 0.352. The van der Waals surface area contributed by atoms with Crippen LogP contribution in [0.15, 0.2) is 4.52 Å². The normalized spacial score (nSPS) is 16.7. The van der Waals surface area contributed by atoms with Crippen molar-refractivity contribution in [1.82, 2.24) is 20.4 Å². The second-order valence-electron chi connectivity index (χ2n) is 6.28. The second kappa shape index (κ2) is 8.88. The first kappa shape index (κ1) is 16.9. The summed E-state index contributed by atoms with van der Waals surface area (Å²) < 4.78 is 5.16. The summed E-state index contributed by atoms with van der Waals surface area (Å²) in [4.78, 5) is 18.4. The maximum atomic E-state index is 12.1. The molecule has 0 radical (unpaired) electrons. The highest BCUT2D eigenvalue weighted by atomic mass is 16.5. The first-order chi connectivity index (χ1) is 10.7. The lowest BCUT2D eigenvalue weighted by atomic mass is 10.1. The number of hydrogen-bond acceptors (Lipinski definition) is 5. The van der Waals surface area contributed by atoms with Gasteiger partial charge in [-0.3, -0.25) is 9.69 Å². The van der Waals surface area contributed by atoms with Gasteiger partial charge in [0, 0.05) is 12.5 Å². The summed E-state index contributed by atoms with van der Waals surface area (Å²) >= 11 is 0. The van der Waals surface area contributed by atoms with Gasteiger partial charge >= 0.3 is 0 Å². The van der Waals surface area contributed by atoms with E-state index in [1.54, 1.807) is 0 Å². The quantitative estimate of drug-likeness (QED) is 0.783. The van der Waals surface area contributed by atoms with Gasteiger partial charge in [-0.05, 0) is 26.3 Å². The first-order valence-corrected chi connectivity index (χ1v) is 8.46. The zero-order valence-electron chi connectivity index (χ0n) is 13.8. The van der Waals surface area contributed by atoms with E-state index in [0.29, 0.717) is 30.8 Å². The third-order valence-electron chi connectivity index (χ3n) is 4.02. The summed E-state index contributed by atoms with van der Waals surface area (Å²) in [7, 11) is 1.91. The standard InChI is InChI=1S/C16H28N4O2/c1-3-8-16-18-14(19-22-16)11-20(2)12-15(21)17-13-9-6-4-5-7-10-13/h13H,3-12H2,1-2H3,(H,17,21). The molecule has 0 saturated heterocycles. The van der Waals surface area contributed by atoms with Crippen LogP contribution in [0, 0.1) is 0 Å². The summed E-state index contributed by atoms with van der Waals surface area (Å²) in [6.45, 7) is 2.98. The Kier molecular flexibility index (Phi) is 6.83. The fraction of sp³-hybridized carbons (Fsp3) is 0.812. The van der Waals surface area contributed by atoms with Crippen molar-refractivity contribution in [3.8, 4) is 0 Å². The van der Waals surface area contributed by atoms with Gasteiger partial charge in [0.25, 0.3) is 0 Å². The summed E-state index contributed by atoms with van der Waals surface area (Å²) in [5.41, 5.74) is 0. The first-order valence-electron chi connectivity index (χ1n) is 8.46. The molecule has 0 aliphatic heterocycles. The van der Waals surface area contributed by atoms with Gasteiger partial charge in [0.2, 0.25) is 11.8 Å². The van der Waals surface area contributed by atoms with Crippen molar-refractivity contribution < 1.29 is 9.32 Å². The van der Waals surface area contributed by atoms with E-state index in [1.165, 1.54) is 25.7 Å². The van der Waals surface area contributed by atoms with Crippen LogP contribution < -0.4 is 5.32 Å². The van der Waals surface area contributed by atoms with Crippen molar-refractivity contribution in [2.75, 3.05) is 13.6 Å². The molecular formula is C16H28N4O2. The molecule has 0 unspecified atom stereocenters. The molecule has 22 heavy (non-hydrogen) atoms. The Morgan fingerprint density at radius 2 is 2.05 bits per heavy atom. The van der Waals surface area contributed by atoms with Crippen LogP contribution in [0.3, 0.4) is 0 Å². The van der Waals surface area contributed by atoms with Crippen LogP contribution in [0.2, 0.25) is 0 Å². The Labute approximate surface area is 132 Å². The fourth-order valence-corrected chi connectivity index (χ4v) is 2.91. The Morgan fingerprint density at radius 3 is 2.73 bits per heavy atom. The largest absolute Gasteiger partial charge is 0.352 e. The molecule has 0 aromatic carbocycles. The van der Waals surface area contributed by atoms with Gasteiger partial charge in [0.15, 0.2) is 5.82 Å². The number of nitrogens with zero attached hydrogens (tertiary/aromatic N) is 3. The molecule has 0 spiro atoms. The Morgan fingerprint density at radius 1 is 1.32 bits per heavy atom. The Hall–Kier alpha value is -1.43. The minimum absolute atomic E-state index is 0.0895. The lowest BCUT2D eigenvalue weighted by Gasteiger charge is -2.19. The van der Waals surface area contributed by atoms with Crippen molar-refractivity contribution in [3.63, 3.8) is 0 Å². The van der Waals surface area contributed by atoms with E-state index >= 15 is 0 Å². The number of nitrogens with one attached hydrogen (secondary N) is 1. The van der Waals surface area contributed by atoms with Crippen molar-refractivity contribution in [1.29, 1.82) is 0 Å². The monoisotopic (exact) mass is 308 g/mol. The SMILES string of the molecule is CCCc1nc(CN(C)CC(=O)NC2CCCCCC2)no1. The smallest absolute Gasteiger partial charge is 0.234 e. The maximum Gasteiger partial charge on any atom is 0.234 e. The van der Waals surface area contributed by atoms with Gasteiger partial charge in [0.1, 0.15) is 0 Å². The van der Waals surface area contributed by atoms with Gasteiger partial charge < -0.3 is 9.84 Å². The van der Waals surface area contributed by atoms with E-state index in [1.807, 2.05) is 11.9 Å². The van der Waals surface area contributed by atoms with Crippen LogP contribution in [0.4, 0.5) is 0 Å². The van der Waals surface area contributed by atoms with Gasteiger partial charge in [-0.15, -0.1) is 0 Å². The van der Waals surface area contributed by atoms with Crippen LogP contribution in [-0.2, 0) is 17.8 Å². The average Bonchev–Trinajstić information content (AvgIpc) is 2.73. The highest BCUT2D eigenvalue weighted by Gasteiger charge is 2.16. The molecule has 1 saturated carbocycles. The van der Waals surface area contributed by atoms with Crippen LogP contribution in [0.25, 0.3) is 0 Å². The third kappa shape index (κ3) is 5.75. The average molecular weight is 308 g/mol. The molecule has 1 heterocycles. The number of aryl methyl sites for hydroxylation is 1. The minimum Gasteiger partial charge on any atom is -0.352 e. The highest BCUT2D eigenvalue weighted by Crippen LogP contribution is 2.17. The molecule has 2 rings (SSSR count). The fourth-order valence-electron chi connectivity index (χ4n) is 2.91. The van der Waals surface area contributed by atoms with Gasteiger partial charge in [0.05, 0.1) is 13.1 Å². The van der Waals surface area contributed by atoms with Crippen LogP contribution in [-0.4, -0.2) is 40.6 Å². The number of rotatable bonds is 7. The van der Waals surface area contributed by atoms with Gasteiger partial charge in [-0.2, -0.15) is 4.98 Å². The van der Waals surface area contributed by atoms with Gasteiger partial charge in [-0.1, -0.05) is 37.8 Å². The summed E-state index contributed by atoms with van der Waals surface area (Å²) in [5.74, 6) is 1.41. The van der Waals surface area contributed by atoms with Crippen LogP contribution >= 0.6 is 0 Å². The van der Waals surface area contributed by atoms with E-state index in [4.69, 9.17) is 4.52 Å². The molecule has 0 atom stereocenters. The molecule has 1 fully saturated rings.